The van der Waals surface area contributed by atoms with Gasteiger partial charge < -0.3 is 18.9 Å². The molecule has 8 heteroatoms. The van der Waals surface area contributed by atoms with Gasteiger partial charge >= 0.3 is 0 Å². The Balaban J connectivity index is 1.46. The van der Waals surface area contributed by atoms with Gasteiger partial charge in [-0.2, -0.15) is 4.98 Å². The Morgan fingerprint density at radius 3 is 2.66 bits per heavy atom. The van der Waals surface area contributed by atoms with E-state index in [1.807, 2.05) is 43.2 Å². The third-order valence-corrected chi connectivity index (χ3v) is 6.07. The SMILES string of the molecule is COc1cc(-c2noc(C3CC(=O)N(Cc4ccc(SC)cc4)C3)n2)ccc1OC(C)C. The molecule has 0 spiro atoms. The summed E-state index contributed by atoms with van der Waals surface area (Å²) in [7, 11) is 1.60. The number of amides is 1. The molecule has 1 atom stereocenters. The van der Waals surface area contributed by atoms with Crippen molar-refractivity contribution in [1.82, 2.24) is 15.0 Å². The lowest BCUT2D eigenvalue weighted by Gasteiger charge is -2.16. The fourth-order valence-corrected chi connectivity index (χ4v) is 4.13. The van der Waals surface area contributed by atoms with Crippen molar-refractivity contribution in [3.05, 3.63) is 53.9 Å². The lowest BCUT2D eigenvalue weighted by molar-refractivity contribution is -0.128. The smallest absolute Gasteiger partial charge is 0.232 e. The van der Waals surface area contributed by atoms with Gasteiger partial charge in [-0.3, -0.25) is 4.79 Å². The lowest BCUT2D eigenvalue weighted by atomic mass is 10.1. The van der Waals surface area contributed by atoms with Crippen LogP contribution in [-0.4, -0.2) is 47.0 Å². The zero-order chi connectivity index (χ0) is 22.7. The molecule has 32 heavy (non-hydrogen) atoms. The molecule has 1 aliphatic heterocycles. The molecule has 1 amide bonds. The number of likely N-dealkylation sites (tertiary alicyclic amines) is 1. The highest BCUT2D eigenvalue weighted by molar-refractivity contribution is 7.98. The first kappa shape index (κ1) is 22.2. The first-order chi connectivity index (χ1) is 15.5. The molecule has 0 radical (unpaired) electrons. The molecule has 1 fully saturated rings. The Morgan fingerprint density at radius 1 is 1.19 bits per heavy atom. The van der Waals surface area contributed by atoms with Crippen LogP contribution in [0.5, 0.6) is 11.5 Å². The van der Waals surface area contributed by atoms with Gasteiger partial charge in [0.1, 0.15) is 0 Å². The summed E-state index contributed by atoms with van der Waals surface area (Å²) in [6.07, 6.45) is 2.46. The normalized spacial score (nSPS) is 16.1. The van der Waals surface area contributed by atoms with Crippen LogP contribution < -0.4 is 9.47 Å². The fourth-order valence-electron chi connectivity index (χ4n) is 3.72. The van der Waals surface area contributed by atoms with Gasteiger partial charge in [0, 0.05) is 30.0 Å². The van der Waals surface area contributed by atoms with Crippen LogP contribution in [0.2, 0.25) is 0 Å². The first-order valence-corrected chi connectivity index (χ1v) is 11.8. The van der Waals surface area contributed by atoms with E-state index in [2.05, 4.69) is 34.4 Å². The van der Waals surface area contributed by atoms with Crippen molar-refractivity contribution in [2.75, 3.05) is 19.9 Å². The minimum atomic E-state index is -0.111. The van der Waals surface area contributed by atoms with Crippen LogP contribution in [0.15, 0.2) is 51.9 Å². The minimum Gasteiger partial charge on any atom is -0.493 e. The summed E-state index contributed by atoms with van der Waals surface area (Å²) in [5.41, 5.74) is 1.88. The second-order valence-corrected chi connectivity index (χ2v) is 8.89. The van der Waals surface area contributed by atoms with Crippen molar-refractivity contribution < 1.29 is 18.8 Å². The van der Waals surface area contributed by atoms with Gasteiger partial charge in [-0.25, -0.2) is 0 Å². The number of hydrogen-bond donors (Lipinski definition) is 0. The molecule has 1 unspecified atom stereocenters. The minimum absolute atomic E-state index is 0.0397. The molecular weight excluding hydrogens is 426 g/mol. The van der Waals surface area contributed by atoms with Crippen molar-refractivity contribution >= 4 is 17.7 Å². The van der Waals surface area contributed by atoms with Crippen LogP contribution in [0.3, 0.4) is 0 Å². The van der Waals surface area contributed by atoms with E-state index in [9.17, 15) is 4.79 Å². The highest BCUT2D eigenvalue weighted by Gasteiger charge is 2.34. The molecule has 1 saturated heterocycles. The van der Waals surface area contributed by atoms with E-state index >= 15 is 0 Å². The van der Waals surface area contributed by atoms with Gasteiger partial charge in [-0.1, -0.05) is 17.3 Å². The predicted molar refractivity (Wildman–Crippen MR) is 123 cm³/mol. The van der Waals surface area contributed by atoms with Crippen LogP contribution in [0.25, 0.3) is 11.4 Å². The predicted octanol–water partition coefficient (Wildman–Crippen LogP) is 4.77. The highest BCUT2D eigenvalue weighted by Crippen LogP contribution is 2.34. The molecule has 4 rings (SSSR count). The zero-order valence-corrected chi connectivity index (χ0v) is 19.5. The van der Waals surface area contributed by atoms with Gasteiger partial charge in [-0.05, 0) is 56.0 Å². The van der Waals surface area contributed by atoms with Crippen molar-refractivity contribution in [3.63, 3.8) is 0 Å². The maximum atomic E-state index is 12.6. The Kier molecular flexibility index (Phi) is 6.69. The first-order valence-electron chi connectivity index (χ1n) is 10.6. The summed E-state index contributed by atoms with van der Waals surface area (Å²) in [5, 5.41) is 4.14. The molecule has 0 aliphatic carbocycles. The van der Waals surface area contributed by atoms with Crippen molar-refractivity contribution in [2.45, 2.75) is 43.7 Å². The number of nitrogens with zero attached hydrogens (tertiary/aromatic N) is 3. The van der Waals surface area contributed by atoms with Crippen molar-refractivity contribution in [2.24, 2.45) is 0 Å². The third-order valence-electron chi connectivity index (χ3n) is 5.32. The van der Waals surface area contributed by atoms with Gasteiger partial charge in [0.2, 0.25) is 17.6 Å². The summed E-state index contributed by atoms with van der Waals surface area (Å²) >= 11 is 1.70. The molecule has 168 valence electrons. The summed E-state index contributed by atoms with van der Waals surface area (Å²) in [6, 6.07) is 13.8. The standard InChI is InChI=1S/C24H27N3O4S/c1-15(2)30-20-10-7-17(11-21(20)29-3)23-25-24(31-26-23)18-12-22(28)27(14-18)13-16-5-8-19(32-4)9-6-16/h5-11,15,18H,12-14H2,1-4H3. The van der Waals surface area contributed by atoms with Crippen molar-refractivity contribution in [3.8, 4) is 22.9 Å². The largest absolute Gasteiger partial charge is 0.493 e. The van der Waals surface area contributed by atoms with Gasteiger partial charge in [0.05, 0.1) is 19.1 Å². The number of aromatic nitrogens is 2. The lowest BCUT2D eigenvalue weighted by Crippen LogP contribution is -2.24. The number of ether oxygens (including phenoxy) is 2. The molecular formula is C24H27N3O4S. The number of methoxy groups -OCH3 is 1. The van der Waals surface area contributed by atoms with Crippen molar-refractivity contribution in [1.29, 1.82) is 0 Å². The Bertz CT molecular complexity index is 1080. The summed E-state index contributed by atoms with van der Waals surface area (Å²) in [5.74, 6) is 2.21. The van der Waals surface area contributed by atoms with Gasteiger partial charge in [0.25, 0.3) is 0 Å². The zero-order valence-electron chi connectivity index (χ0n) is 18.7. The number of hydrogen-bond acceptors (Lipinski definition) is 7. The second-order valence-electron chi connectivity index (χ2n) is 8.01. The van der Waals surface area contributed by atoms with E-state index in [0.717, 1.165) is 11.1 Å². The van der Waals surface area contributed by atoms with Crippen LogP contribution in [0.4, 0.5) is 0 Å². The molecule has 2 aromatic carbocycles. The maximum absolute atomic E-state index is 12.6. The number of carbonyl (C=O) groups is 1. The number of thioether (sulfide) groups is 1. The molecule has 3 aromatic rings. The van der Waals surface area contributed by atoms with Gasteiger partial charge in [-0.15, -0.1) is 11.8 Å². The van der Waals surface area contributed by atoms with E-state index in [1.165, 1.54) is 4.90 Å². The molecule has 2 heterocycles. The Hall–Kier alpha value is -3.00. The molecule has 7 nitrogen and oxygen atoms in total. The number of benzene rings is 2. The Labute approximate surface area is 192 Å². The summed E-state index contributed by atoms with van der Waals surface area (Å²) in [6.45, 7) is 5.07. The monoisotopic (exact) mass is 453 g/mol. The average molecular weight is 454 g/mol. The van der Waals surface area contributed by atoms with Crippen LogP contribution in [-0.2, 0) is 11.3 Å². The number of carbonyl (C=O) groups excluding carboxylic acids is 1. The van der Waals surface area contributed by atoms with E-state index < -0.39 is 0 Å². The number of rotatable bonds is 8. The second kappa shape index (κ2) is 9.65. The average Bonchev–Trinajstić information content (AvgIpc) is 3.41. The molecule has 0 N–H and O–H groups in total. The maximum Gasteiger partial charge on any atom is 0.232 e. The van der Waals surface area contributed by atoms with E-state index in [1.54, 1.807) is 18.9 Å². The van der Waals surface area contributed by atoms with Crippen LogP contribution in [0.1, 0.15) is 37.6 Å². The van der Waals surface area contributed by atoms with E-state index in [-0.39, 0.29) is 17.9 Å². The molecule has 0 saturated carbocycles. The third kappa shape index (κ3) is 4.91. The van der Waals surface area contributed by atoms with Crippen LogP contribution >= 0.6 is 11.8 Å². The fraction of sp³-hybridized carbons (Fsp3) is 0.375. The quantitative estimate of drug-likeness (QED) is 0.455. The molecule has 1 aromatic heterocycles. The van der Waals surface area contributed by atoms with Crippen LogP contribution in [0, 0.1) is 0 Å². The topological polar surface area (TPSA) is 77.7 Å². The Morgan fingerprint density at radius 2 is 1.97 bits per heavy atom. The summed E-state index contributed by atoms with van der Waals surface area (Å²) < 4.78 is 16.7. The molecule has 1 aliphatic rings. The van der Waals surface area contributed by atoms with Gasteiger partial charge in [0.15, 0.2) is 11.5 Å². The highest BCUT2D eigenvalue weighted by atomic mass is 32.2. The van der Waals surface area contributed by atoms with E-state index in [0.29, 0.717) is 42.7 Å². The summed E-state index contributed by atoms with van der Waals surface area (Å²) in [4.78, 5) is 20.2. The van der Waals surface area contributed by atoms with E-state index in [4.69, 9.17) is 14.0 Å². The molecule has 0 bridgehead atoms.